The fourth-order valence-corrected chi connectivity index (χ4v) is 1.82. The van der Waals surface area contributed by atoms with Gasteiger partial charge in [-0.1, -0.05) is 25.2 Å². The number of hydrogen-bond donors (Lipinski definition) is 2. The number of nitrogens with zero attached hydrogens (tertiary/aromatic N) is 2. The summed E-state index contributed by atoms with van der Waals surface area (Å²) in [4.78, 5) is 11.5. The highest BCUT2D eigenvalue weighted by molar-refractivity contribution is 7.15. The van der Waals surface area contributed by atoms with Gasteiger partial charge in [-0.15, -0.1) is 10.2 Å². The molecule has 17 heavy (non-hydrogen) atoms. The molecule has 0 unspecified atom stereocenters. The van der Waals surface area contributed by atoms with Crippen LogP contribution in [0.15, 0.2) is 0 Å². The molecular weight excluding hydrogens is 240 g/mol. The van der Waals surface area contributed by atoms with Gasteiger partial charge < -0.3 is 10.1 Å². The largest absolute Gasteiger partial charge is 0.383 e. The van der Waals surface area contributed by atoms with Crippen LogP contribution in [-0.2, 0) is 9.53 Å². The lowest BCUT2D eigenvalue weighted by Gasteiger charge is -2.03. The van der Waals surface area contributed by atoms with Gasteiger partial charge in [0.25, 0.3) is 0 Å². The molecule has 6 nitrogen and oxygen atoms in total. The Balaban J connectivity index is 2.29. The molecule has 0 bridgehead atoms. The number of amides is 1. The van der Waals surface area contributed by atoms with E-state index in [2.05, 4.69) is 20.8 Å². The van der Waals surface area contributed by atoms with Crippen molar-refractivity contribution in [2.75, 3.05) is 32.1 Å². The first-order chi connectivity index (χ1) is 8.13. The zero-order valence-corrected chi connectivity index (χ0v) is 11.1. The van der Waals surface area contributed by atoms with E-state index < -0.39 is 0 Å². The molecule has 0 saturated heterocycles. The molecule has 0 aromatic carbocycles. The van der Waals surface area contributed by atoms with Crippen molar-refractivity contribution in [1.82, 2.24) is 15.5 Å². The summed E-state index contributed by atoms with van der Waals surface area (Å²) < 4.78 is 4.86. The Kier molecular flexibility index (Phi) is 6.03. The smallest absolute Gasteiger partial charge is 0.240 e. The highest BCUT2D eigenvalue weighted by Crippen LogP contribution is 2.21. The van der Waals surface area contributed by atoms with Gasteiger partial charge in [0.2, 0.25) is 11.0 Å². The minimum absolute atomic E-state index is 0.118. The third-order valence-corrected chi connectivity index (χ3v) is 3.09. The normalized spacial score (nSPS) is 10.8. The van der Waals surface area contributed by atoms with Gasteiger partial charge in [0.15, 0.2) is 0 Å². The van der Waals surface area contributed by atoms with Crippen molar-refractivity contribution in [2.24, 2.45) is 0 Å². The minimum atomic E-state index is -0.118. The summed E-state index contributed by atoms with van der Waals surface area (Å²) in [6, 6.07) is 0. The van der Waals surface area contributed by atoms with Crippen LogP contribution >= 0.6 is 11.3 Å². The van der Waals surface area contributed by atoms with E-state index in [1.807, 2.05) is 13.8 Å². The fraction of sp³-hybridized carbons (Fsp3) is 0.700. The van der Waals surface area contributed by atoms with Crippen LogP contribution in [0, 0.1) is 0 Å². The standard InChI is InChI=1S/C10H18N4O2S/c1-7(2)9-13-14-10(17-9)12-8(15)6-11-4-5-16-3/h7,11H,4-6H2,1-3H3,(H,12,14,15). The topological polar surface area (TPSA) is 76.1 Å². The third kappa shape index (κ3) is 5.20. The van der Waals surface area contributed by atoms with Crippen LogP contribution in [0.2, 0.25) is 0 Å². The van der Waals surface area contributed by atoms with Gasteiger partial charge in [-0.25, -0.2) is 0 Å². The van der Waals surface area contributed by atoms with Crippen molar-refractivity contribution in [2.45, 2.75) is 19.8 Å². The van der Waals surface area contributed by atoms with Crippen LogP contribution in [0.25, 0.3) is 0 Å². The van der Waals surface area contributed by atoms with Crippen LogP contribution in [0.5, 0.6) is 0 Å². The minimum Gasteiger partial charge on any atom is -0.383 e. The molecule has 0 saturated carbocycles. The number of nitrogens with one attached hydrogen (secondary N) is 2. The van der Waals surface area contributed by atoms with E-state index in [0.717, 1.165) is 5.01 Å². The number of carbonyl (C=O) groups excluding carboxylic acids is 1. The maximum absolute atomic E-state index is 11.5. The lowest BCUT2D eigenvalue weighted by molar-refractivity contribution is -0.115. The van der Waals surface area contributed by atoms with E-state index in [4.69, 9.17) is 4.74 Å². The number of hydrogen-bond acceptors (Lipinski definition) is 6. The summed E-state index contributed by atoms with van der Waals surface area (Å²) in [5.74, 6) is 0.213. The first-order valence-electron chi connectivity index (χ1n) is 5.46. The Hall–Kier alpha value is -1.05. The second-order valence-electron chi connectivity index (χ2n) is 3.82. The van der Waals surface area contributed by atoms with Gasteiger partial charge in [0, 0.05) is 19.6 Å². The first kappa shape index (κ1) is 14.0. The number of rotatable bonds is 7. The summed E-state index contributed by atoms with van der Waals surface area (Å²) in [7, 11) is 1.62. The van der Waals surface area contributed by atoms with Crippen LogP contribution in [0.3, 0.4) is 0 Å². The highest BCUT2D eigenvalue weighted by Gasteiger charge is 2.09. The monoisotopic (exact) mass is 258 g/mol. The Morgan fingerprint density at radius 2 is 2.24 bits per heavy atom. The summed E-state index contributed by atoms with van der Waals surface area (Å²) in [5.41, 5.74) is 0. The molecule has 0 atom stereocenters. The summed E-state index contributed by atoms with van der Waals surface area (Å²) in [6.45, 7) is 5.57. The van der Waals surface area contributed by atoms with Gasteiger partial charge in [-0.3, -0.25) is 10.1 Å². The quantitative estimate of drug-likeness (QED) is 0.709. The molecule has 7 heteroatoms. The molecule has 1 amide bonds. The van der Waals surface area contributed by atoms with Gasteiger partial charge in [0.1, 0.15) is 5.01 Å². The number of anilines is 1. The lowest BCUT2D eigenvalue weighted by atomic mass is 10.2. The number of aromatic nitrogens is 2. The second-order valence-corrected chi connectivity index (χ2v) is 4.83. The second kappa shape index (κ2) is 7.31. The summed E-state index contributed by atoms with van der Waals surface area (Å²) >= 11 is 1.41. The average Bonchev–Trinajstić information content (AvgIpc) is 2.73. The van der Waals surface area contributed by atoms with Crippen molar-refractivity contribution in [3.8, 4) is 0 Å². The molecule has 2 N–H and O–H groups in total. The Labute approximate surface area is 105 Å². The maximum atomic E-state index is 11.5. The Morgan fingerprint density at radius 1 is 1.47 bits per heavy atom. The SMILES string of the molecule is COCCNCC(=O)Nc1nnc(C(C)C)s1. The number of carbonyl (C=O) groups is 1. The zero-order valence-electron chi connectivity index (χ0n) is 10.3. The molecular formula is C10H18N4O2S. The van der Waals surface area contributed by atoms with Gasteiger partial charge in [-0.2, -0.15) is 0 Å². The molecule has 0 aliphatic rings. The maximum Gasteiger partial charge on any atom is 0.240 e. The molecule has 1 aromatic heterocycles. The van der Waals surface area contributed by atoms with Crippen molar-refractivity contribution in [3.63, 3.8) is 0 Å². The lowest BCUT2D eigenvalue weighted by Crippen LogP contribution is -2.30. The first-order valence-corrected chi connectivity index (χ1v) is 6.28. The van der Waals surface area contributed by atoms with Gasteiger partial charge in [0.05, 0.1) is 13.2 Å². The van der Waals surface area contributed by atoms with E-state index in [0.29, 0.717) is 24.2 Å². The van der Waals surface area contributed by atoms with Crippen LogP contribution in [-0.4, -0.2) is 42.9 Å². The van der Waals surface area contributed by atoms with E-state index in [9.17, 15) is 4.79 Å². The fourth-order valence-electron chi connectivity index (χ4n) is 1.06. The molecule has 0 spiro atoms. The molecule has 1 aromatic rings. The molecule has 96 valence electrons. The third-order valence-electron chi connectivity index (χ3n) is 1.95. The van der Waals surface area contributed by atoms with Crippen molar-refractivity contribution in [1.29, 1.82) is 0 Å². The molecule has 1 heterocycles. The summed E-state index contributed by atoms with van der Waals surface area (Å²) in [6.07, 6.45) is 0. The van der Waals surface area contributed by atoms with Crippen LogP contribution in [0.1, 0.15) is 24.8 Å². The van der Waals surface area contributed by atoms with E-state index >= 15 is 0 Å². The molecule has 1 rings (SSSR count). The van der Waals surface area contributed by atoms with Gasteiger partial charge >= 0.3 is 0 Å². The van der Waals surface area contributed by atoms with Crippen LogP contribution < -0.4 is 10.6 Å². The molecule has 0 aliphatic carbocycles. The number of methoxy groups -OCH3 is 1. The number of ether oxygens (including phenoxy) is 1. The van der Waals surface area contributed by atoms with Crippen molar-refractivity contribution >= 4 is 22.4 Å². The Morgan fingerprint density at radius 3 is 2.82 bits per heavy atom. The van der Waals surface area contributed by atoms with Gasteiger partial charge in [-0.05, 0) is 0 Å². The molecule has 0 radical (unpaired) electrons. The van der Waals surface area contributed by atoms with Crippen molar-refractivity contribution in [3.05, 3.63) is 5.01 Å². The predicted molar refractivity (Wildman–Crippen MR) is 67.4 cm³/mol. The summed E-state index contributed by atoms with van der Waals surface area (Å²) in [5, 5.41) is 15.0. The van der Waals surface area contributed by atoms with Crippen molar-refractivity contribution < 1.29 is 9.53 Å². The van der Waals surface area contributed by atoms with Crippen LogP contribution in [0.4, 0.5) is 5.13 Å². The average molecular weight is 258 g/mol. The molecule has 0 aliphatic heterocycles. The predicted octanol–water partition coefficient (Wildman–Crippen LogP) is 0.836. The highest BCUT2D eigenvalue weighted by atomic mass is 32.1. The zero-order chi connectivity index (χ0) is 12.7. The van der Waals surface area contributed by atoms with E-state index in [-0.39, 0.29) is 12.5 Å². The van der Waals surface area contributed by atoms with E-state index in [1.54, 1.807) is 7.11 Å². The van der Waals surface area contributed by atoms with E-state index in [1.165, 1.54) is 11.3 Å². The molecule has 0 fully saturated rings. The Bertz CT molecular complexity index is 354.